The average Bonchev–Trinajstić information content (AvgIpc) is 2.37. The Bertz CT molecular complexity index is 812. The number of benzene rings is 1. The zero-order chi connectivity index (χ0) is 15.8. The molecule has 2 aromatic rings. The smallest absolute Gasteiger partial charge is 0.264 e. The number of nitrogens with one attached hydrogen (secondary N) is 1. The molecule has 9 heteroatoms. The summed E-state index contributed by atoms with van der Waals surface area (Å²) in [6, 6.07) is 3.93. The van der Waals surface area contributed by atoms with Crippen LogP contribution in [0.5, 0.6) is 0 Å². The minimum Gasteiger partial charge on any atom is -0.399 e. The number of hydrogen-bond acceptors (Lipinski definition) is 4. The number of sulfonamides is 1. The van der Waals surface area contributed by atoms with Crippen molar-refractivity contribution in [3.63, 3.8) is 0 Å². The lowest BCUT2D eigenvalue weighted by molar-refractivity contribution is 0.567. The summed E-state index contributed by atoms with van der Waals surface area (Å²) < 4.78 is 41.3. The third-order valence-electron chi connectivity index (χ3n) is 2.57. The van der Waals surface area contributed by atoms with Gasteiger partial charge in [-0.25, -0.2) is 17.8 Å². The van der Waals surface area contributed by atoms with Crippen LogP contribution in [-0.4, -0.2) is 13.4 Å². The van der Waals surface area contributed by atoms with Crippen LogP contribution in [0.25, 0.3) is 0 Å². The molecular weight excluding hydrogens is 429 g/mol. The lowest BCUT2D eigenvalue weighted by Crippen LogP contribution is -2.15. The van der Waals surface area contributed by atoms with Gasteiger partial charge in [0.2, 0.25) is 0 Å². The number of aromatic nitrogens is 1. The van der Waals surface area contributed by atoms with Crippen molar-refractivity contribution in [2.75, 3.05) is 10.5 Å². The molecule has 0 aliphatic heterocycles. The molecule has 0 spiro atoms. The zero-order valence-electron chi connectivity index (χ0n) is 10.7. The van der Waals surface area contributed by atoms with Crippen molar-refractivity contribution >= 4 is 53.3 Å². The summed E-state index contributed by atoms with van der Waals surface area (Å²) in [6.07, 6.45) is 1.33. The molecule has 0 bridgehead atoms. The van der Waals surface area contributed by atoms with Crippen LogP contribution in [-0.2, 0) is 10.0 Å². The third kappa shape index (κ3) is 3.53. The van der Waals surface area contributed by atoms with Gasteiger partial charge < -0.3 is 5.73 Å². The Morgan fingerprint density at radius 3 is 2.57 bits per heavy atom. The van der Waals surface area contributed by atoms with Gasteiger partial charge in [0, 0.05) is 5.69 Å². The number of rotatable bonds is 3. The number of aryl methyl sites for hydroxylation is 1. The average molecular weight is 439 g/mol. The first-order chi connectivity index (χ1) is 9.70. The van der Waals surface area contributed by atoms with Gasteiger partial charge in [0.1, 0.15) is 9.50 Å². The lowest BCUT2D eigenvalue weighted by Gasteiger charge is -2.11. The van der Waals surface area contributed by atoms with Crippen molar-refractivity contribution in [2.45, 2.75) is 11.8 Å². The first kappa shape index (κ1) is 16.2. The van der Waals surface area contributed by atoms with Gasteiger partial charge in [-0.2, -0.15) is 0 Å². The molecule has 21 heavy (non-hydrogen) atoms. The zero-order valence-corrected chi connectivity index (χ0v) is 14.7. The van der Waals surface area contributed by atoms with Crippen LogP contribution in [0, 0.1) is 12.7 Å². The molecule has 2 rings (SSSR count). The van der Waals surface area contributed by atoms with Gasteiger partial charge in [0.25, 0.3) is 10.0 Å². The van der Waals surface area contributed by atoms with E-state index in [1.54, 1.807) is 13.0 Å². The van der Waals surface area contributed by atoms with Crippen molar-refractivity contribution in [3.8, 4) is 0 Å². The predicted octanol–water partition coefficient (Wildman–Crippen LogP) is 3.44. The molecule has 1 aromatic heterocycles. The van der Waals surface area contributed by atoms with E-state index in [4.69, 9.17) is 5.73 Å². The van der Waals surface area contributed by atoms with E-state index in [1.165, 1.54) is 12.3 Å². The van der Waals surface area contributed by atoms with E-state index in [9.17, 15) is 12.8 Å². The SMILES string of the molecule is Cc1cc(NS(=O)(=O)c2cc(N)cc(Br)c2F)cnc1Br. The quantitative estimate of drug-likeness (QED) is 0.567. The number of nitrogen functional groups attached to an aromatic ring is 1. The molecule has 0 fully saturated rings. The Kier molecular flexibility index (Phi) is 4.54. The van der Waals surface area contributed by atoms with Crippen molar-refractivity contribution in [2.24, 2.45) is 0 Å². The topological polar surface area (TPSA) is 85.1 Å². The van der Waals surface area contributed by atoms with Gasteiger partial charge in [-0.3, -0.25) is 4.72 Å². The monoisotopic (exact) mass is 437 g/mol. The molecule has 0 saturated heterocycles. The number of halogens is 3. The third-order valence-corrected chi connectivity index (χ3v) is 5.36. The predicted molar refractivity (Wildman–Crippen MR) is 86.0 cm³/mol. The molecule has 0 saturated carbocycles. The Morgan fingerprint density at radius 1 is 1.29 bits per heavy atom. The molecule has 0 radical (unpaired) electrons. The summed E-state index contributed by atoms with van der Waals surface area (Å²) >= 11 is 6.14. The molecule has 3 N–H and O–H groups in total. The minimum atomic E-state index is -4.11. The normalized spacial score (nSPS) is 11.4. The molecule has 0 atom stereocenters. The molecule has 112 valence electrons. The van der Waals surface area contributed by atoms with Crippen LogP contribution < -0.4 is 10.5 Å². The second-order valence-electron chi connectivity index (χ2n) is 4.25. The second kappa shape index (κ2) is 5.90. The fraction of sp³-hybridized carbons (Fsp3) is 0.0833. The molecule has 5 nitrogen and oxygen atoms in total. The van der Waals surface area contributed by atoms with Crippen molar-refractivity contribution in [1.82, 2.24) is 4.98 Å². The number of hydrogen-bond donors (Lipinski definition) is 2. The number of nitrogens with zero attached hydrogens (tertiary/aromatic N) is 1. The summed E-state index contributed by atoms with van der Waals surface area (Å²) in [5, 5.41) is 0. The van der Waals surface area contributed by atoms with Crippen molar-refractivity contribution in [3.05, 3.63) is 44.9 Å². The number of anilines is 2. The summed E-state index contributed by atoms with van der Waals surface area (Å²) in [5.41, 5.74) is 6.66. The second-order valence-corrected chi connectivity index (χ2v) is 7.51. The van der Waals surface area contributed by atoms with E-state index in [-0.39, 0.29) is 15.8 Å². The van der Waals surface area contributed by atoms with E-state index in [1.807, 2.05) is 0 Å². The Hall–Kier alpha value is -1.19. The fourth-order valence-electron chi connectivity index (χ4n) is 1.60. The molecule has 0 aliphatic rings. The van der Waals surface area contributed by atoms with Gasteiger partial charge in [-0.15, -0.1) is 0 Å². The van der Waals surface area contributed by atoms with E-state index >= 15 is 0 Å². The molecule has 0 aliphatic carbocycles. The van der Waals surface area contributed by atoms with E-state index < -0.39 is 20.7 Å². The van der Waals surface area contributed by atoms with E-state index in [2.05, 4.69) is 41.6 Å². The lowest BCUT2D eigenvalue weighted by atomic mass is 10.3. The van der Waals surface area contributed by atoms with Crippen LogP contribution >= 0.6 is 31.9 Å². The van der Waals surface area contributed by atoms with Crippen LogP contribution in [0.3, 0.4) is 0 Å². The minimum absolute atomic E-state index is 0.0204. The van der Waals surface area contributed by atoms with Crippen molar-refractivity contribution < 1.29 is 12.8 Å². The summed E-state index contributed by atoms with van der Waals surface area (Å²) in [4.78, 5) is 3.44. The van der Waals surface area contributed by atoms with Gasteiger partial charge in [0.15, 0.2) is 5.82 Å². The highest BCUT2D eigenvalue weighted by atomic mass is 79.9. The Balaban J connectivity index is 2.45. The maximum absolute atomic E-state index is 14.0. The number of pyridine rings is 1. The maximum atomic E-state index is 14.0. The highest BCUT2D eigenvalue weighted by molar-refractivity contribution is 9.10. The van der Waals surface area contributed by atoms with Gasteiger partial charge in [-0.1, -0.05) is 0 Å². The van der Waals surface area contributed by atoms with Gasteiger partial charge in [0.05, 0.1) is 16.4 Å². The summed E-state index contributed by atoms with van der Waals surface area (Å²) in [6.45, 7) is 1.76. The van der Waals surface area contributed by atoms with Crippen LogP contribution in [0.2, 0.25) is 0 Å². The first-order valence-electron chi connectivity index (χ1n) is 5.60. The highest BCUT2D eigenvalue weighted by Gasteiger charge is 2.22. The molecule has 1 aromatic carbocycles. The highest BCUT2D eigenvalue weighted by Crippen LogP contribution is 2.28. The molecular formula is C12H10Br2FN3O2S. The van der Waals surface area contributed by atoms with Crippen LogP contribution in [0.4, 0.5) is 15.8 Å². The fourth-order valence-corrected chi connectivity index (χ4v) is 3.60. The van der Waals surface area contributed by atoms with E-state index in [0.717, 1.165) is 11.6 Å². The maximum Gasteiger partial charge on any atom is 0.264 e. The Morgan fingerprint density at radius 2 is 1.95 bits per heavy atom. The largest absolute Gasteiger partial charge is 0.399 e. The van der Waals surface area contributed by atoms with Crippen LogP contribution in [0.15, 0.2) is 38.4 Å². The van der Waals surface area contributed by atoms with Crippen molar-refractivity contribution in [1.29, 1.82) is 0 Å². The van der Waals surface area contributed by atoms with E-state index in [0.29, 0.717) is 4.60 Å². The number of nitrogens with two attached hydrogens (primary N) is 1. The van der Waals surface area contributed by atoms with Gasteiger partial charge in [-0.05, 0) is 62.5 Å². The van der Waals surface area contributed by atoms with Gasteiger partial charge >= 0.3 is 0 Å². The molecule has 1 heterocycles. The molecule has 0 amide bonds. The van der Waals surface area contributed by atoms with Crippen LogP contribution in [0.1, 0.15) is 5.56 Å². The Labute approximate surface area is 138 Å². The summed E-state index contributed by atoms with van der Waals surface area (Å²) in [5.74, 6) is -0.904. The first-order valence-corrected chi connectivity index (χ1v) is 8.67. The molecule has 0 unspecified atom stereocenters. The standard InChI is InChI=1S/C12H10Br2FN3O2S/c1-6-2-8(5-17-12(6)14)18-21(19,20)10-4-7(16)3-9(13)11(10)15/h2-5,18H,16H2,1H3. The summed E-state index contributed by atoms with van der Waals surface area (Å²) in [7, 11) is -4.11.